The van der Waals surface area contributed by atoms with Gasteiger partial charge in [-0.2, -0.15) is 0 Å². The highest BCUT2D eigenvalue weighted by molar-refractivity contribution is 7.89. The molecule has 9 heteroatoms. The molecule has 0 aliphatic carbocycles. The van der Waals surface area contributed by atoms with E-state index in [0.29, 0.717) is 11.4 Å². The third-order valence-electron chi connectivity index (χ3n) is 3.64. The summed E-state index contributed by atoms with van der Waals surface area (Å²) in [6.07, 6.45) is 0.595. The quantitative estimate of drug-likeness (QED) is 0.726. The molecule has 0 aliphatic rings. The monoisotopic (exact) mass is 418 g/mol. The summed E-state index contributed by atoms with van der Waals surface area (Å²) in [5.41, 5.74) is -0.0471. The largest absolute Gasteiger partial charge is 0.319 e. The number of anilines is 1. The molecular weight excluding hydrogens is 402 g/mol. The number of benzene rings is 2. The summed E-state index contributed by atoms with van der Waals surface area (Å²) < 4.78 is 41.1. The molecule has 1 atom stereocenters. The smallest absolute Gasteiger partial charge is 0.257 e. The molecule has 0 saturated carbocycles. The van der Waals surface area contributed by atoms with Crippen LogP contribution >= 0.6 is 23.2 Å². The van der Waals surface area contributed by atoms with E-state index in [1.165, 1.54) is 30.3 Å². The average Bonchev–Trinajstić information content (AvgIpc) is 2.55. The lowest BCUT2D eigenvalue weighted by atomic mass is 10.2. The van der Waals surface area contributed by atoms with Crippen molar-refractivity contribution in [3.8, 4) is 0 Å². The molecule has 0 aromatic heterocycles. The van der Waals surface area contributed by atoms with Crippen LogP contribution in [0.5, 0.6) is 0 Å². The van der Waals surface area contributed by atoms with E-state index in [1.54, 1.807) is 6.92 Å². The summed E-state index contributed by atoms with van der Waals surface area (Å²) in [6.45, 7) is 3.53. The normalized spacial score (nSPS) is 12.7. The van der Waals surface area contributed by atoms with Crippen LogP contribution in [0.25, 0.3) is 0 Å². The first-order valence-corrected chi connectivity index (χ1v) is 9.96. The highest BCUT2D eigenvalue weighted by Gasteiger charge is 2.19. The second kappa shape index (κ2) is 8.35. The number of halogens is 3. The zero-order valence-corrected chi connectivity index (χ0v) is 16.3. The van der Waals surface area contributed by atoms with Gasteiger partial charge >= 0.3 is 0 Å². The Labute approximate surface area is 161 Å². The third-order valence-corrected chi connectivity index (χ3v) is 5.78. The summed E-state index contributed by atoms with van der Waals surface area (Å²) in [5, 5.41) is 2.84. The van der Waals surface area contributed by atoms with Crippen molar-refractivity contribution in [3.05, 3.63) is 57.8 Å². The van der Waals surface area contributed by atoms with E-state index in [9.17, 15) is 17.6 Å². The van der Waals surface area contributed by atoms with Gasteiger partial charge in [0.05, 0.1) is 21.2 Å². The van der Waals surface area contributed by atoms with Crippen molar-refractivity contribution in [1.82, 2.24) is 4.72 Å². The molecule has 5 nitrogen and oxygen atoms in total. The summed E-state index contributed by atoms with van der Waals surface area (Å²) in [7, 11) is -3.84. The van der Waals surface area contributed by atoms with Gasteiger partial charge in [0, 0.05) is 11.1 Å². The molecule has 0 heterocycles. The number of hydrogen-bond donors (Lipinski definition) is 2. The summed E-state index contributed by atoms with van der Waals surface area (Å²) in [5.74, 6) is -1.52. The zero-order chi connectivity index (χ0) is 19.5. The van der Waals surface area contributed by atoms with Gasteiger partial charge in [0.1, 0.15) is 5.82 Å². The van der Waals surface area contributed by atoms with Gasteiger partial charge in [-0.1, -0.05) is 30.1 Å². The summed E-state index contributed by atoms with van der Waals surface area (Å²) in [6, 6.07) is 7.25. The van der Waals surface area contributed by atoms with Crippen molar-refractivity contribution in [3.63, 3.8) is 0 Å². The first-order valence-electron chi connectivity index (χ1n) is 7.72. The van der Waals surface area contributed by atoms with Crippen molar-refractivity contribution in [2.45, 2.75) is 31.2 Å². The minimum Gasteiger partial charge on any atom is -0.319 e. The fourth-order valence-corrected chi connectivity index (χ4v) is 3.88. The highest BCUT2D eigenvalue weighted by atomic mass is 35.5. The van der Waals surface area contributed by atoms with Crippen molar-refractivity contribution < 1.29 is 17.6 Å². The number of nitrogens with one attached hydrogen (secondary N) is 2. The Bertz CT molecular complexity index is 936. The van der Waals surface area contributed by atoms with E-state index in [4.69, 9.17) is 23.2 Å². The van der Waals surface area contributed by atoms with Crippen LogP contribution in [0.3, 0.4) is 0 Å². The standard InChI is InChI=1S/C17H17Cl2FN2O3S/c1-3-10(2)22-26(24,25)12-5-7-16(15(20)9-12)21-17(23)13-6-4-11(18)8-14(13)19/h4-10,22H,3H2,1-2H3,(H,21,23)/t10-/m0/s1. The maximum atomic E-state index is 14.3. The maximum Gasteiger partial charge on any atom is 0.257 e. The second-order valence-electron chi connectivity index (χ2n) is 5.65. The lowest BCUT2D eigenvalue weighted by Crippen LogP contribution is -2.32. The number of rotatable bonds is 6. The molecule has 0 bridgehead atoms. The average molecular weight is 419 g/mol. The molecular formula is C17H17Cl2FN2O3S. The van der Waals surface area contributed by atoms with Crippen molar-refractivity contribution >= 4 is 44.8 Å². The summed E-state index contributed by atoms with van der Waals surface area (Å²) in [4.78, 5) is 12.0. The van der Waals surface area contributed by atoms with Gasteiger partial charge < -0.3 is 5.32 Å². The first-order chi connectivity index (χ1) is 12.1. The van der Waals surface area contributed by atoms with Gasteiger partial charge in [0.2, 0.25) is 10.0 Å². The predicted octanol–water partition coefficient (Wildman–Crippen LogP) is 4.46. The minimum atomic E-state index is -3.84. The predicted molar refractivity (Wildman–Crippen MR) is 101 cm³/mol. The molecule has 0 fully saturated rings. The van der Waals surface area contributed by atoms with Crippen LogP contribution in [-0.4, -0.2) is 20.4 Å². The molecule has 0 radical (unpaired) electrons. The molecule has 2 rings (SSSR count). The number of carbonyl (C=O) groups excluding carboxylic acids is 1. The van der Waals surface area contributed by atoms with Crippen LogP contribution in [0.2, 0.25) is 10.0 Å². The molecule has 0 spiro atoms. The van der Waals surface area contributed by atoms with E-state index in [-0.39, 0.29) is 27.2 Å². The molecule has 1 amide bonds. The molecule has 26 heavy (non-hydrogen) atoms. The van der Waals surface area contributed by atoms with Crippen LogP contribution in [0.15, 0.2) is 41.3 Å². The lowest BCUT2D eigenvalue weighted by Gasteiger charge is -2.13. The van der Waals surface area contributed by atoms with E-state index in [0.717, 1.165) is 6.07 Å². The van der Waals surface area contributed by atoms with Crippen LogP contribution in [0.4, 0.5) is 10.1 Å². The van der Waals surface area contributed by atoms with Crippen LogP contribution in [0, 0.1) is 5.82 Å². The number of hydrogen-bond acceptors (Lipinski definition) is 3. The van der Waals surface area contributed by atoms with Gasteiger partial charge in [-0.25, -0.2) is 17.5 Å². The van der Waals surface area contributed by atoms with Gasteiger partial charge in [0.25, 0.3) is 5.91 Å². The molecule has 140 valence electrons. The maximum absolute atomic E-state index is 14.3. The Hall–Kier alpha value is -1.67. The summed E-state index contributed by atoms with van der Waals surface area (Å²) >= 11 is 11.7. The lowest BCUT2D eigenvalue weighted by molar-refractivity contribution is 0.102. The zero-order valence-electron chi connectivity index (χ0n) is 14.0. The molecule has 2 N–H and O–H groups in total. The second-order valence-corrected chi connectivity index (χ2v) is 8.21. The molecule has 0 aliphatic heterocycles. The van der Waals surface area contributed by atoms with Gasteiger partial charge in [-0.15, -0.1) is 0 Å². The van der Waals surface area contributed by atoms with E-state index < -0.39 is 21.7 Å². The van der Waals surface area contributed by atoms with Crippen molar-refractivity contribution in [2.75, 3.05) is 5.32 Å². The van der Waals surface area contributed by atoms with Gasteiger partial charge in [-0.05, 0) is 49.7 Å². The Morgan fingerprint density at radius 2 is 1.88 bits per heavy atom. The Kier molecular flexibility index (Phi) is 6.63. The molecule has 2 aromatic carbocycles. The Balaban J connectivity index is 2.23. The molecule has 0 unspecified atom stereocenters. The molecule has 2 aromatic rings. The first kappa shape index (κ1) is 20.6. The highest BCUT2D eigenvalue weighted by Crippen LogP contribution is 2.24. The van der Waals surface area contributed by atoms with Crippen molar-refractivity contribution in [2.24, 2.45) is 0 Å². The van der Waals surface area contributed by atoms with Gasteiger partial charge in [0.15, 0.2) is 0 Å². The Morgan fingerprint density at radius 3 is 2.46 bits per heavy atom. The van der Waals surface area contributed by atoms with E-state index in [1.807, 2.05) is 6.92 Å². The van der Waals surface area contributed by atoms with Crippen LogP contribution in [0.1, 0.15) is 30.6 Å². The Morgan fingerprint density at radius 1 is 1.19 bits per heavy atom. The van der Waals surface area contributed by atoms with E-state index >= 15 is 0 Å². The van der Waals surface area contributed by atoms with Crippen LogP contribution < -0.4 is 10.0 Å². The molecule has 0 saturated heterocycles. The fraction of sp³-hybridized carbons (Fsp3) is 0.235. The van der Waals surface area contributed by atoms with Gasteiger partial charge in [-0.3, -0.25) is 4.79 Å². The van der Waals surface area contributed by atoms with E-state index in [2.05, 4.69) is 10.0 Å². The fourth-order valence-electron chi connectivity index (χ4n) is 2.04. The van der Waals surface area contributed by atoms with Crippen LogP contribution in [-0.2, 0) is 10.0 Å². The SMILES string of the molecule is CC[C@H](C)NS(=O)(=O)c1ccc(NC(=O)c2ccc(Cl)cc2Cl)c(F)c1. The minimum absolute atomic E-state index is 0.116. The number of sulfonamides is 1. The number of carbonyl (C=O) groups is 1. The third kappa shape index (κ3) is 4.94. The van der Waals surface area contributed by atoms with Crippen molar-refractivity contribution in [1.29, 1.82) is 0 Å². The topological polar surface area (TPSA) is 75.3 Å². The number of amides is 1.